The van der Waals surface area contributed by atoms with Crippen molar-refractivity contribution in [1.29, 1.82) is 5.26 Å². The van der Waals surface area contributed by atoms with Gasteiger partial charge in [-0.15, -0.1) is 0 Å². The quantitative estimate of drug-likeness (QED) is 0.667. The minimum absolute atomic E-state index is 0. The molecule has 0 radical (unpaired) electrons. The van der Waals surface area contributed by atoms with E-state index in [1.807, 2.05) is 12.1 Å². The van der Waals surface area contributed by atoms with Gasteiger partial charge in [-0.3, -0.25) is 4.79 Å². The van der Waals surface area contributed by atoms with Gasteiger partial charge in [-0.1, -0.05) is 24.3 Å². The van der Waals surface area contributed by atoms with Crippen LogP contribution in [0.25, 0.3) is 0 Å². The Kier molecular flexibility index (Phi) is 6.65. The molecule has 1 amide bonds. The number of carbonyl (C=O) groups excluding carboxylic acids is 1. The molecule has 1 aliphatic carbocycles. The maximum Gasteiger partial charge on any atom is 0.238 e. The second kappa shape index (κ2) is 9.27. The third-order valence-corrected chi connectivity index (χ3v) is 9.10. The van der Waals surface area contributed by atoms with Crippen molar-refractivity contribution in [1.82, 2.24) is 14.9 Å². The van der Waals surface area contributed by atoms with E-state index in [2.05, 4.69) is 28.8 Å². The molecule has 1 saturated carbocycles. The first-order valence-electron chi connectivity index (χ1n) is 11.4. The molecule has 1 unspecified atom stereocenters. The smallest absolute Gasteiger partial charge is 0.238 e. The Morgan fingerprint density at radius 2 is 1.97 bits per heavy atom. The fourth-order valence-electron chi connectivity index (χ4n) is 5.35. The summed E-state index contributed by atoms with van der Waals surface area (Å²) in [6.07, 6.45) is 5.45. The molecule has 2 aliphatic heterocycles. The molecule has 8 heteroatoms. The summed E-state index contributed by atoms with van der Waals surface area (Å²) in [5.41, 5.74) is 2.23. The van der Waals surface area contributed by atoms with Crippen LogP contribution in [0.15, 0.2) is 24.3 Å². The molecule has 172 valence electrons. The lowest BCUT2D eigenvalue weighted by atomic mass is 9.89. The molecule has 2 N–H and O–H groups in total. The van der Waals surface area contributed by atoms with Crippen molar-refractivity contribution in [3.05, 3.63) is 35.4 Å². The molecule has 1 aromatic carbocycles. The molecule has 3 aliphatic rings. The van der Waals surface area contributed by atoms with E-state index in [9.17, 15) is 18.5 Å². The van der Waals surface area contributed by atoms with E-state index in [0.29, 0.717) is 37.4 Å². The zero-order valence-electron chi connectivity index (χ0n) is 18.1. The Bertz CT molecular complexity index is 943. The summed E-state index contributed by atoms with van der Waals surface area (Å²) < 4.78 is 25.7. The van der Waals surface area contributed by atoms with Crippen molar-refractivity contribution >= 4 is 15.9 Å². The molecule has 3 fully saturated rings. The van der Waals surface area contributed by atoms with Gasteiger partial charge in [0.2, 0.25) is 15.9 Å². The third-order valence-electron chi connectivity index (χ3n) is 7.22. The van der Waals surface area contributed by atoms with Crippen molar-refractivity contribution in [2.75, 3.05) is 18.8 Å². The summed E-state index contributed by atoms with van der Waals surface area (Å²) in [5.74, 6) is 0.861. The zero-order valence-corrected chi connectivity index (χ0v) is 18.9. The highest BCUT2D eigenvalue weighted by Crippen LogP contribution is 2.35. The van der Waals surface area contributed by atoms with Crippen LogP contribution in [-0.4, -0.2) is 55.6 Å². The number of sulfonamides is 1. The van der Waals surface area contributed by atoms with E-state index in [-0.39, 0.29) is 20.6 Å². The number of nitrogens with one attached hydrogen (secondary N) is 2. The summed E-state index contributed by atoms with van der Waals surface area (Å²) in [7, 11) is -3.11. The van der Waals surface area contributed by atoms with E-state index in [4.69, 9.17) is 0 Å². The number of fused-ring (bicyclic) bond motifs is 2. The predicted octanol–water partition coefficient (Wildman–Crippen LogP) is 2.40. The van der Waals surface area contributed by atoms with Gasteiger partial charge in [-0.05, 0) is 62.0 Å². The number of nitriles is 1. The van der Waals surface area contributed by atoms with Crippen LogP contribution in [0.2, 0.25) is 0 Å². The second-order valence-electron chi connectivity index (χ2n) is 9.12. The lowest BCUT2D eigenvalue weighted by molar-refractivity contribution is -0.124. The number of piperidine rings is 2. The van der Waals surface area contributed by atoms with E-state index >= 15 is 0 Å². The Balaban J connectivity index is 0.00000193. The normalized spacial score (nSPS) is 27.7. The van der Waals surface area contributed by atoms with Gasteiger partial charge in [0.15, 0.2) is 0 Å². The van der Waals surface area contributed by atoms with Gasteiger partial charge in [0.25, 0.3) is 0 Å². The monoisotopic (exact) mass is 448 g/mol. The van der Waals surface area contributed by atoms with Crippen LogP contribution < -0.4 is 10.6 Å². The fourth-order valence-corrected chi connectivity index (χ4v) is 6.48. The molecule has 31 heavy (non-hydrogen) atoms. The average molecular weight is 449 g/mol. The first-order chi connectivity index (χ1) is 14.9. The van der Waals surface area contributed by atoms with Crippen molar-refractivity contribution in [3.63, 3.8) is 0 Å². The number of nitrogens with zero attached hydrogens (tertiary/aromatic N) is 2. The van der Waals surface area contributed by atoms with E-state index in [1.54, 1.807) is 11.2 Å². The highest BCUT2D eigenvalue weighted by atomic mass is 32.2. The van der Waals surface area contributed by atoms with Crippen molar-refractivity contribution < 1.29 is 16.1 Å². The van der Waals surface area contributed by atoms with Crippen molar-refractivity contribution in [2.24, 2.45) is 5.92 Å². The lowest BCUT2D eigenvalue weighted by Gasteiger charge is -2.31. The molecular formula is C23H36N4O3S. The molecule has 7 nitrogen and oxygen atoms in total. The summed E-state index contributed by atoms with van der Waals surface area (Å²) in [6.45, 7) is 2.83. The first-order valence-corrected chi connectivity index (χ1v) is 13.0. The second-order valence-corrected chi connectivity index (χ2v) is 11.4. The van der Waals surface area contributed by atoms with Crippen molar-refractivity contribution in [2.45, 2.75) is 69.5 Å². The van der Waals surface area contributed by atoms with Gasteiger partial charge in [-0.2, -0.15) is 5.26 Å². The Hall–Kier alpha value is -1.95. The molecular weight excluding hydrogens is 412 g/mol. The summed E-state index contributed by atoms with van der Waals surface area (Å²) in [6, 6.07) is 10.2. The zero-order chi connectivity index (χ0) is 22.0. The predicted molar refractivity (Wildman–Crippen MR) is 123 cm³/mol. The molecule has 4 rings (SSSR count). The number of carbonyl (C=O) groups is 1. The maximum atomic E-state index is 12.6. The van der Waals surface area contributed by atoms with Gasteiger partial charge in [0.1, 0.15) is 6.04 Å². The number of amides is 1. The standard InChI is InChI=1S/C23H32N4O3S.2H2/c1-2-31(29,30)27-11-9-18(10-12-27)17-5-3-16(4-6-17)13-21(15-24)26-23(28)22-19-7-8-20(14-19)25-22;;/h3-6,18-22,25H,2,7-14H2,1H3,(H,26,28);2*1H/t19?,20-,21+,22+;;/m1../s1. The van der Waals surface area contributed by atoms with Gasteiger partial charge in [0, 0.05) is 28.4 Å². The van der Waals surface area contributed by atoms with Crippen LogP contribution in [0.1, 0.15) is 58.9 Å². The van der Waals surface area contributed by atoms with Crippen LogP contribution in [0.5, 0.6) is 0 Å². The SMILES string of the molecule is CCS(=O)(=O)N1CCC(c2ccc(C[C@@H](C#N)NC(=O)[C@H]3N[C@@H]4CCC3C4)cc2)CC1.[HH].[HH]. The van der Waals surface area contributed by atoms with Gasteiger partial charge >= 0.3 is 0 Å². The molecule has 0 aromatic heterocycles. The van der Waals surface area contributed by atoms with Gasteiger partial charge in [0.05, 0.1) is 17.9 Å². The van der Waals surface area contributed by atoms with Gasteiger partial charge in [-0.25, -0.2) is 12.7 Å². The van der Waals surface area contributed by atoms with Gasteiger partial charge < -0.3 is 10.6 Å². The first kappa shape index (κ1) is 22.3. The minimum Gasteiger partial charge on any atom is -0.339 e. The topological polar surface area (TPSA) is 102 Å². The van der Waals surface area contributed by atoms with E-state index in [1.165, 1.54) is 5.56 Å². The highest BCUT2D eigenvalue weighted by molar-refractivity contribution is 7.89. The largest absolute Gasteiger partial charge is 0.339 e. The molecule has 2 heterocycles. The molecule has 4 atom stereocenters. The Morgan fingerprint density at radius 1 is 1.26 bits per heavy atom. The summed E-state index contributed by atoms with van der Waals surface area (Å²) >= 11 is 0. The number of rotatable bonds is 7. The Labute approximate surface area is 188 Å². The summed E-state index contributed by atoms with van der Waals surface area (Å²) in [5, 5.41) is 15.8. The number of benzene rings is 1. The van der Waals surface area contributed by atoms with Crippen LogP contribution in [0.4, 0.5) is 0 Å². The highest BCUT2D eigenvalue weighted by Gasteiger charge is 2.43. The Morgan fingerprint density at radius 3 is 2.52 bits per heavy atom. The molecule has 2 bridgehead atoms. The maximum absolute atomic E-state index is 12.6. The lowest BCUT2D eigenvalue weighted by Crippen LogP contribution is -2.50. The number of hydrogen-bond acceptors (Lipinski definition) is 5. The fraction of sp³-hybridized carbons (Fsp3) is 0.652. The molecule has 1 aromatic rings. The molecule has 0 spiro atoms. The summed E-state index contributed by atoms with van der Waals surface area (Å²) in [4.78, 5) is 12.6. The third kappa shape index (κ3) is 4.94. The van der Waals surface area contributed by atoms with Crippen molar-refractivity contribution in [3.8, 4) is 6.07 Å². The average Bonchev–Trinajstić information content (AvgIpc) is 3.43. The van der Waals surface area contributed by atoms with E-state index in [0.717, 1.165) is 37.7 Å². The van der Waals surface area contributed by atoms with Crippen LogP contribution >= 0.6 is 0 Å². The van der Waals surface area contributed by atoms with E-state index < -0.39 is 16.1 Å². The van der Waals surface area contributed by atoms with Crippen LogP contribution in [-0.2, 0) is 21.2 Å². The minimum atomic E-state index is -3.11. The molecule has 2 saturated heterocycles. The number of hydrogen-bond donors (Lipinski definition) is 2. The van der Waals surface area contributed by atoms with Crippen LogP contribution in [0.3, 0.4) is 0 Å². The van der Waals surface area contributed by atoms with Crippen LogP contribution in [0, 0.1) is 17.2 Å².